The van der Waals surface area contributed by atoms with Gasteiger partial charge in [-0.15, -0.1) is 0 Å². The molecule has 8 heteroatoms. The summed E-state index contributed by atoms with van der Waals surface area (Å²) >= 11 is 0. The summed E-state index contributed by atoms with van der Waals surface area (Å²) in [5, 5.41) is 0.686. The molecule has 0 unspecified atom stereocenters. The molecular formula is C20H19NO6S. The number of sulfonamides is 1. The molecule has 0 aliphatic heterocycles. The van der Waals surface area contributed by atoms with Crippen molar-refractivity contribution in [2.75, 3.05) is 14.1 Å². The average molecular weight is 401 g/mol. The Kier molecular flexibility index (Phi) is 5.35. The van der Waals surface area contributed by atoms with Gasteiger partial charge >= 0.3 is 11.6 Å². The van der Waals surface area contributed by atoms with Gasteiger partial charge in [0.05, 0.1) is 10.5 Å². The second-order valence-electron chi connectivity index (χ2n) is 6.48. The van der Waals surface area contributed by atoms with Gasteiger partial charge in [-0.3, -0.25) is 0 Å². The number of aryl methyl sites for hydroxylation is 1. The van der Waals surface area contributed by atoms with Crippen molar-refractivity contribution in [2.45, 2.75) is 18.4 Å². The van der Waals surface area contributed by atoms with Gasteiger partial charge in [0.15, 0.2) is 0 Å². The lowest BCUT2D eigenvalue weighted by molar-refractivity contribution is 0.0473. The minimum atomic E-state index is -3.57. The molecule has 0 aliphatic rings. The molecule has 28 heavy (non-hydrogen) atoms. The fourth-order valence-electron chi connectivity index (χ4n) is 2.66. The molecular weight excluding hydrogens is 382 g/mol. The monoisotopic (exact) mass is 401 g/mol. The minimum absolute atomic E-state index is 0.0797. The summed E-state index contributed by atoms with van der Waals surface area (Å²) in [7, 11) is -0.711. The molecule has 0 atom stereocenters. The molecule has 0 N–H and O–H groups in total. The molecule has 0 saturated heterocycles. The van der Waals surface area contributed by atoms with E-state index in [9.17, 15) is 18.0 Å². The molecule has 0 amide bonds. The van der Waals surface area contributed by atoms with Crippen LogP contribution in [-0.2, 0) is 21.4 Å². The Morgan fingerprint density at radius 3 is 2.39 bits per heavy atom. The summed E-state index contributed by atoms with van der Waals surface area (Å²) in [6, 6.07) is 12.2. The number of ether oxygens (including phenoxy) is 1. The molecule has 3 rings (SSSR count). The Bertz CT molecular complexity index is 1190. The van der Waals surface area contributed by atoms with Crippen LogP contribution in [0.25, 0.3) is 11.0 Å². The van der Waals surface area contributed by atoms with E-state index in [0.717, 1.165) is 9.87 Å². The molecule has 0 saturated carbocycles. The Morgan fingerprint density at radius 1 is 1.07 bits per heavy atom. The van der Waals surface area contributed by atoms with Crippen LogP contribution in [0.3, 0.4) is 0 Å². The molecule has 2 aromatic carbocycles. The van der Waals surface area contributed by atoms with Crippen molar-refractivity contribution in [1.82, 2.24) is 4.31 Å². The van der Waals surface area contributed by atoms with Gasteiger partial charge in [-0.1, -0.05) is 12.1 Å². The number of nitrogens with zero attached hydrogens (tertiary/aromatic N) is 1. The molecule has 0 spiro atoms. The number of esters is 1. The minimum Gasteiger partial charge on any atom is -0.457 e. The predicted octanol–water partition coefficient (Wildman–Crippen LogP) is 2.71. The van der Waals surface area contributed by atoms with Crippen molar-refractivity contribution < 1.29 is 22.4 Å². The molecule has 0 fully saturated rings. The van der Waals surface area contributed by atoms with Crippen LogP contribution >= 0.6 is 0 Å². The van der Waals surface area contributed by atoms with Crippen LogP contribution in [0.2, 0.25) is 0 Å². The average Bonchev–Trinajstić information content (AvgIpc) is 2.65. The maximum Gasteiger partial charge on any atom is 0.338 e. The zero-order valence-electron chi connectivity index (χ0n) is 15.6. The van der Waals surface area contributed by atoms with Crippen molar-refractivity contribution in [2.24, 2.45) is 0 Å². The van der Waals surface area contributed by atoms with Crippen LogP contribution < -0.4 is 5.63 Å². The lowest BCUT2D eigenvalue weighted by Gasteiger charge is -2.11. The lowest BCUT2D eigenvalue weighted by Crippen LogP contribution is -2.22. The standard InChI is InChI=1S/C20H19NO6S/c1-13-4-9-17-15(11-19(22)27-18(17)10-13)12-26-20(23)14-5-7-16(8-6-14)28(24,25)21(2)3/h4-11H,12H2,1-3H3. The number of carbonyl (C=O) groups is 1. The van der Waals surface area contributed by atoms with Crippen LogP contribution in [-0.4, -0.2) is 32.8 Å². The van der Waals surface area contributed by atoms with E-state index < -0.39 is 21.6 Å². The van der Waals surface area contributed by atoms with E-state index in [1.165, 1.54) is 44.4 Å². The van der Waals surface area contributed by atoms with Gasteiger partial charge in [0, 0.05) is 31.1 Å². The highest BCUT2D eigenvalue weighted by atomic mass is 32.2. The van der Waals surface area contributed by atoms with E-state index in [1.807, 2.05) is 13.0 Å². The number of hydrogen-bond donors (Lipinski definition) is 0. The summed E-state index contributed by atoms with van der Waals surface area (Å²) in [6.07, 6.45) is 0. The van der Waals surface area contributed by atoms with Crippen LogP contribution in [0, 0.1) is 6.92 Å². The quantitative estimate of drug-likeness (QED) is 0.482. The van der Waals surface area contributed by atoms with Crippen molar-refractivity contribution in [3.8, 4) is 0 Å². The molecule has 0 radical (unpaired) electrons. The summed E-state index contributed by atoms with van der Waals surface area (Å²) in [5.74, 6) is -0.623. The Balaban J connectivity index is 1.80. The molecule has 0 aliphatic carbocycles. The summed E-state index contributed by atoms with van der Waals surface area (Å²) < 4.78 is 35.7. The number of carbonyl (C=O) groups excluding carboxylic acids is 1. The second-order valence-corrected chi connectivity index (χ2v) is 8.63. The number of benzene rings is 2. The van der Waals surface area contributed by atoms with Crippen molar-refractivity contribution >= 4 is 27.0 Å². The third-order valence-corrected chi connectivity index (χ3v) is 6.04. The van der Waals surface area contributed by atoms with E-state index in [2.05, 4.69) is 0 Å². The maximum absolute atomic E-state index is 12.3. The maximum atomic E-state index is 12.3. The zero-order chi connectivity index (χ0) is 20.5. The van der Waals surface area contributed by atoms with Gasteiger partial charge in [0.1, 0.15) is 12.2 Å². The van der Waals surface area contributed by atoms with Gasteiger partial charge in [-0.05, 0) is 42.8 Å². The van der Waals surface area contributed by atoms with Gasteiger partial charge in [-0.2, -0.15) is 0 Å². The first-order valence-corrected chi connectivity index (χ1v) is 9.85. The zero-order valence-corrected chi connectivity index (χ0v) is 16.4. The summed E-state index contributed by atoms with van der Waals surface area (Å²) in [5.41, 5.74) is 1.59. The predicted molar refractivity (Wildman–Crippen MR) is 104 cm³/mol. The third-order valence-electron chi connectivity index (χ3n) is 4.21. The van der Waals surface area contributed by atoms with Gasteiger partial charge < -0.3 is 9.15 Å². The molecule has 1 heterocycles. The summed E-state index contributed by atoms with van der Waals surface area (Å²) in [6.45, 7) is 1.77. The Morgan fingerprint density at radius 2 is 1.75 bits per heavy atom. The lowest BCUT2D eigenvalue weighted by atomic mass is 10.1. The van der Waals surface area contributed by atoms with Crippen molar-refractivity contribution in [3.05, 3.63) is 75.6 Å². The Hall–Kier alpha value is -2.97. The number of hydrogen-bond acceptors (Lipinski definition) is 6. The first-order valence-electron chi connectivity index (χ1n) is 8.41. The number of rotatable bonds is 5. The number of fused-ring (bicyclic) bond motifs is 1. The summed E-state index contributed by atoms with van der Waals surface area (Å²) in [4.78, 5) is 24.1. The fourth-order valence-corrected chi connectivity index (χ4v) is 3.56. The fraction of sp³-hybridized carbons (Fsp3) is 0.200. The third kappa shape index (κ3) is 3.97. The second kappa shape index (κ2) is 7.57. The SMILES string of the molecule is Cc1ccc2c(COC(=O)c3ccc(S(=O)(=O)N(C)C)cc3)cc(=O)oc2c1. The van der Waals surface area contributed by atoms with E-state index in [0.29, 0.717) is 16.5 Å². The highest BCUT2D eigenvalue weighted by Crippen LogP contribution is 2.20. The first kappa shape index (κ1) is 19.8. The van der Waals surface area contributed by atoms with E-state index in [4.69, 9.17) is 9.15 Å². The van der Waals surface area contributed by atoms with E-state index in [-0.39, 0.29) is 17.1 Å². The van der Waals surface area contributed by atoms with Crippen molar-refractivity contribution in [3.63, 3.8) is 0 Å². The first-order chi connectivity index (χ1) is 13.2. The van der Waals surface area contributed by atoms with Crippen LogP contribution in [0.15, 0.2) is 62.6 Å². The van der Waals surface area contributed by atoms with E-state index in [1.54, 1.807) is 12.1 Å². The van der Waals surface area contributed by atoms with Crippen LogP contribution in [0.5, 0.6) is 0 Å². The van der Waals surface area contributed by atoms with Crippen LogP contribution in [0.1, 0.15) is 21.5 Å². The van der Waals surface area contributed by atoms with Gasteiger partial charge in [0.2, 0.25) is 10.0 Å². The molecule has 146 valence electrons. The largest absolute Gasteiger partial charge is 0.457 e. The highest BCUT2D eigenvalue weighted by molar-refractivity contribution is 7.89. The molecule has 3 aromatic rings. The van der Waals surface area contributed by atoms with Crippen LogP contribution in [0.4, 0.5) is 0 Å². The molecule has 7 nitrogen and oxygen atoms in total. The van der Waals surface area contributed by atoms with Gasteiger partial charge in [0.25, 0.3) is 0 Å². The van der Waals surface area contributed by atoms with Gasteiger partial charge in [-0.25, -0.2) is 22.3 Å². The smallest absolute Gasteiger partial charge is 0.338 e. The van der Waals surface area contributed by atoms with Crippen molar-refractivity contribution in [1.29, 1.82) is 0 Å². The molecule has 1 aromatic heterocycles. The normalized spacial score (nSPS) is 11.7. The topological polar surface area (TPSA) is 93.9 Å². The van der Waals surface area contributed by atoms with E-state index >= 15 is 0 Å². The molecule has 0 bridgehead atoms. The Labute approximate surface area is 162 Å². The highest BCUT2D eigenvalue weighted by Gasteiger charge is 2.18.